The van der Waals surface area contributed by atoms with Crippen LogP contribution in [0.25, 0.3) is 0 Å². The monoisotopic (exact) mass is 346 g/mol. The van der Waals surface area contributed by atoms with Gasteiger partial charge in [-0.1, -0.05) is 12.1 Å². The van der Waals surface area contributed by atoms with Gasteiger partial charge in [-0.25, -0.2) is 9.37 Å². The maximum atomic E-state index is 13.2. The molecule has 2 amide bonds. The zero-order chi connectivity index (χ0) is 18.1. The van der Waals surface area contributed by atoms with Gasteiger partial charge in [0.15, 0.2) is 5.69 Å². The molecule has 130 valence electrons. The van der Waals surface area contributed by atoms with Gasteiger partial charge in [0, 0.05) is 19.5 Å². The van der Waals surface area contributed by atoms with Gasteiger partial charge in [0.2, 0.25) is 17.6 Å². The molecule has 1 aromatic carbocycles. The molecule has 25 heavy (non-hydrogen) atoms. The number of hydrogen-bond donors (Lipinski definition) is 3. The average molecular weight is 346 g/mol. The molecular formula is C16H15FN4O4. The molecule has 0 saturated heterocycles. The van der Waals surface area contributed by atoms with Crippen molar-refractivity contribution in [2.45, 2.75) is 26.4 Å². The first-order valence-electron chi connectivity index (χ1n) is 7.53. The number of aromatic nitrogens is 2. The molecule has 9 heteroatoms. The van der Waals surface area contributed by atoms with E-state index in [2.05, 4.69) is 15.6 Å². The highest BCUT2D eigenvalue weighted by molar-refractivity contribution is 5.96. The van der Waals surface area contributed by atoms with Crippen molar-refractivity contribution < 1.29 is 19.1 Å². The van der Waals surface area contributed by atoms with Crippen molar-refractivity contribution in [2.24, 2.45) is 0 Å². The van der Waals surface area contributed by atoms with Gasteiger partial charge in [0.1, 0.15) is 5.82 Å². The Morgan fingerprint density at radius 3 is 2.92 bits per heavy atom. The number of amides is 2. The van der Waals surface area contributed by atoms with E-state index in [1.807, 2.05) is 0 Å². The number of fused-ring (bicyclic) bond motifs is 1. The number of nitrogens with zero attached hydrogens (tertiary/aromatic N) is 2. The van der Waals surface area contributed by atoms with Gasteiger partial charge < -0.3 is 10.4 Å². The van der Waals surface area contributed by atoms with Crippen LogP contribution < -0.4 is 16.2 Å². The fourth-order valence-corrected chi connectivity index (χ4v) is 2.49. The van der Waals surface area contributed by atoms with Crippen molar-refractivity contribution in [3.8, 4) is 5.75 Å². The number of benzene rings is 1. The van der Waals surface area contributed by atoms with E-state index in [1.54, 1.807) is 13.0 Å². The van der Waals surface area contributed by atoms with Crippen LogP contribution in [0.2, 0.25) is 0 Å². The first kappa shape index (κ1) is 16.6. The lowest BCUT2D eigenvalue weighted by Gasteiger charge is -2.18. The second-order valence-corrected chi connectivity index (χ2v) is 5.65. The number of aromatic hydroxyl groups is 1. The number of halogens is 1. The van der Waals surface area contributed by atoms with Crippen LogP contribution in [0.4, 0.5) is 10.3 Å². The van der Waals surface area contributed by atoms with E-state index < -0.39 is 22.9 Å². The molecule has 2 aromatic rings. The number of aryl methyl sites for hydroxylation is 1. The average Bonchev–Trinajstić information content (AvgIpc) is 2.58. The zero-order valence-electron chi connectivity index (χ0n) is 13.3. The molecule has 8 nitrogen and oxygen atoms in total. The fourth-order valence-electron chi connectivity index (χ4n) is 2.49. The molecule has 1 aliphatic heterocycles. The van der Waals surface area contributed by atoms with Crippen LogP contribution >= 0.6 is 0 Å². The quantitative estimate of drug-likeness (QED) is 0.756. The van der Waals surface area contributed by atoms with Crippen LogP contribution in [0.3, 0.4) is 0 Å². The Morgan fingerprint density at radius 2 is 2.20 bits per heavy atom. The highest BCUT2D eigenvalue weighted by Gasteiger charge is 2.24. The number of rotatable bonds is 3. The third kappa shape index (κ3) is 3.21. The van der Waals surface area contributed by atoms with Crippen LogP contribution in [0.5, 0.6) is 5.75 Å². The van der Waals surface area contributed by atoms with E-state index in [0.717, 1.165) is 4.57 Å². The van der Waals surface area contributed by atoms with Crippen LogP contribution in [0.1, 0.15) is 28.0 Å². The highest BCUT2D eigenvalue weighted by atomic mass is 19.1. The number of hydrogen-bond acceptors (Lipinski definition) is 5. The normalized spacial score (nSPS) is 13.1. The largest absolute Gasteiger partial charge is 0.501 e. The third-order valence-corrected chi connectivity index (χ3v) is 3.85. The molecule has 1 aromatic heterocycles. The van der Waals surface area contributed by atoms with Crippen molar-refractivity contribution in [1.29, 1.82) is 0 Å². The minimum absolute atomic E-state index is 0.0614. The summed E-state index contributed by atoms with van der Waals surface area (Å²) in [4.78, 5) is 39.6. The van der Waals surface area contributed by atoms with E-state index >= 15 is 0 Å². The Morgan fingerprint density at radius 1 is 1.44 bits per heavy atom. The lowest BCUT2D eigenvalue weighted by Crippen LogP contribution is -2.35. The van der Waals surface area contributed by atoms with E-state index in [9.17, 15) is 23.9 Å². The number of carbonyl (C=O) groups excluding carboxylic acids is 2. The molecule has 3 rings (SSSR count). The summed E-state index contributed by atoms with van der Waals surface area (Å²) in [6, 6.07) is 4.37. The van der Waals surface area contributed by atoms with Crippen LogP contribution in [-0.4, -0.2) is 26.5 Å². The third-order valence-electron chi connectivity index (χ3n) is 3.85. The van der Waals surface area contributed by atoms with Gasteiger partial charge in [0.25, 0.3) is 11.5 Å². The lowest BCUT2D eigenvalue weighted by molar-refractivity contribution is -0.116. The fraction of sp³-hybridized carbons (Fsp3) is 0.250. The van der Waals surface area contributed by atoms with Gasteiger partial charge in [-0.05, 0) is 24.1 Å². The predicted molar refractivity (Wildman–Crippen MR) is 85.7 cm³/mol. The Hall–Kier alpha value is -3.23. The van der Waals surface area contributed by atoms with Gasteiger partial charge in [-0.2, -0.15) is 0 Å². The van der Waals surface area contributed by atoms with Crippen molar-refractivity contribution in [1.82, 2.24) is 14.9 Å². The van der Waals surface area contributed by atoms with Gasteiger partial charge in [-0.3, -0.25) is 24.3 Å². The van der Waals surface area contributed by atoms with E-state index in [1.165, 1.54) is 12.1 Å². The molecule has 0 saturated carbocycles. The highest BCUT2D eigenvalue weighted by Crippen LogP contribution is 2.16. The standard InChI is InChI=1S/C16H15FN4O4/c1-8-6-9(2-3-10(8)17)7-18-14(24)12-13(23)15(25)21-5-4-11(22)19-16(21)20-12/h2-3,6,23H,4-5,7H2,1H3,(H,18,24)(H,19,20,22). The molecular weight excluding hydrogens is 331 g/mol. The molecule has 0 spiro atoms. The summed E-state index contributed by atoms with van der Waals surface area (Å²) in [7, 11) is 0. The summed E-state index contributed by atoms with van der Waals surface area (Å²) in [6.07, 6.45) is 0.0868. The van der Waals surface area contributed by atoms with Crippen molar-refractivity contribution in [3.63, 3.8) is 0 Å². The Bertz CT molecular complexity index is 938. The summed E-state index contributed by atoms with van der Waals surface area (Å²) in [5.74, 6) is -2.33. The van der Waals surface area contributed by atoms with Crippen molar-refractivity contribution in [2.75, 3.05) is 5.32 Å². The molecule has 0 unspecified atom stereocenters. The minimum atomic E-state index is -0.798. The first-order valence-corrected chi connectivity index (χ1v) is 7.53. The number of nitrogens with one attached hydrogen (secondary N) is 2. The second-order valence-electron chi connectivity index (χ2n) is 5.65. The molecule has 0 fully saturated rings. The maximum Gasteiger partial charge on any atom is 0.297 e. The Balaban J connectivity index is 1.83. The van der Waals surface area contributed by atoms with Crippen LogP contribution in [0.15, 0.2) is 23.0 Å². The number of carbonyl (C=O) groups is 2. The van der Waals surface area contributed by atoms with Crippen molar-refractivity contribution >= 4 is 17.8 Å². The molecule has 2 heterocycles. The number of anilines is 1. The molecule has 0 atom stereocenters. The molecule has 0 radical (unpaired) electrons. The van der Waals surface area contributed by atoms with Crippen LogP contribution in [-0.2, 0) is 17.9 Å². The van der Waals surface area contributed by atoms with E-state index in [0.29, 0.717) is 11.1 Å². The summed E-state index contributed by atoms with van der Waals surface area (Å²) >= 11 is 0. The van der Waals surface area contributed by atoms with Crippen molar-refractivity contribution in [3.05, 3.63) is 51.2 Å². The lowest BCUT2D eigenvalue weighted by atomic mass is 10.1. The summed E-state index contributed by atoms with van der Waals surface area (Å²) in [5, 5.41) is 14.8. The molecule has 1 aliphatic rings. The molecule has 0 aliphatic carbocycles. The molecule has 3 N–H and O–H groups in total. The topological polar surface area (TPSA) is 113 Å². The summed E-state index contributed by atoms with van der Waals surface area (Å²) in [6.45, 7) is 1.74. The van der Waals surface area contributed by atoms with Gasteiger partial charge >= 0.3 is 0 Å². The maximum absolute atomic E-state index is 13.2. The summed E-state index contributed by atoms with van der Waals surface area (Å²) in [5.41, 5.74) is -0.192. The Labute approximate surface area is 141 Å². The second kappa shape index (κ2) is 6.34. The van der Waals surface area contributed by atoms with E-state index in [4.69, 9.17) is 0 Å². The smallest absolute Gasteiger partial charge is 0.297 e. The first-order chi connectivity index (χ1) is 11.9. The van der Waals surface area contributed by atoms with Gasteiger partial charge in [-0.15, -0.1) is 0 Å². The van der Waals surface area contributed by atoms with Crippen LogP contribution in [0, 0.1) is 12.7 Å². The zero-order valence-corrected chi connectivity index (χ0v) is 13.3. The summed E-state index contributed by atoms with van der Waals surface area (Å²) < 4.78 is 14.3. The van der Waals surface area contributed by atoms with Gasteiger partial charge in [0.05, 0.1) is 0 Å². The molecule has 0 bridgehead atoms. The predicted octanol–water partition coefficient (Wildman–Crippen LogP) is 0.669. The SMILES string of the molecule is Cc1cc(CNC(=O)c2nc3n(c(=O)c2O)CCC(=O)N3)ccc1F. The minimum Gasteiger partial charge on any atom is -0.501 e. The Kier molecular flexibility index (Phi) is 4.22. The van der Waals surface area contributed by atoms with E-state index in [-0.39, 0.29) is 37.2 Å².